The number of rotatable bonds is 12. The van der Waals surface area contributed by atoms with Gasteiger partial charge in [-0.25, -0.2) is 8.42 Å². The number of amides is 2. The second-order valence-electron chi connectivity index (χ2n) is 8.11. The molecular formula is C25H35N3O5S. The Labute approximate surface area is 202 Å². The van der Waals surface area contributed by atoms with Crippen LogP contribution in [-0.2, 0) is 26.2 Å². The van der Waals surface area contributed by atoms with Crippen molar-refractivity contribution in [3.63, 3.8) is 0 Å². The van der Waals surface area contributed by atoms with Gasteiger partial charge >= 0.3 is 0 Å². The van der Waals surface area contributed by atoms with Gasteiger partial charge in [0.2, 0.25) is 21.8 Å². The predicted octanol–water partition coefficient (Wildman–Crippen LogP) is 3.10. The van der Waals surface area contributed by atoms with E-state index in [-0.39, 0.29) is 12.5 Å². The molecule has 2 rings (SSSR count). The van der Waals surface area contributed by atoms with Gasteiger partial charge in [0.1, 0.15) is 18.3 Å². The van der Waals surface area contributed by atoms with Gasteiger partial charge < -0.3 is 15.0 Å². The Morgan fingerprint density at radius 2 is 1.71 bits per heavy atom. The standard InChI is InChI=1S/C25H35N3O5S/c1-6-16-26-25(30)20(4)27(17-21-11-9-8-10-19(21)3)24(29)18-28(34(5,31)32)22-12-14-23(15-13-22)33-7-2/h8-15,20H,6-7,16-18H2,1-5H3,(H,26,30). The minimum absolute atomic E-state index is 0.188. The summed E-state index contributed by atoms with van der Waals surface area (Å²) in [5, 5.41) is 2.82. The lowest BCUT2D eigenvalue weighted by molar-refractivity contribution is -0.139. The zero-order chi connectivity index (χ0) is 25.3. The summed E-state index contributed by atoms with van der Waals surface area (Å²) in [4.78, 5) is 27.6. The molecule has 186 valence electrons. The van der Waals surface area contributed by atoms with E-state index in [0.29, 0.717) is 24.6 Å². The molecule has 2 aromatic carbocycles. The molecule has 1 atom stereocenters. The van der Waals surface area contributed by atoms with Gasteiger partial charge in [-0.1, -0.05) is 31.2 Å². The highest BCUT2D eigenvalue weighted by Gasteiger charge is 2.30. The quantitative estimate of drug-likeness (QED) is 0.494. The van der Waals surface area contributed by atoms with E-state index in [4.69, 9.17) is 4.74 Å². The van der Waals surface area contributed by atoms with Crippen LogP contribution < -0.4 is 14.4 Å². The van der Waals surface area contributed by atoms with Crippen LogP contribution in [0.4, 0.5) is 5.69 Å². The third-order valence-electron chi connectivity index (χ3n) is 5.43. The summed E-state index contributed by atoms with van der Waals surface area (Å²) in [5.41, 5.74) is 2.21. The Balaban J connectivity index is 2.36. The minimum Gasteiger partial charge on any atom is -0.494 e. The van der Waals surface area contributed by atoms with Crippen LogP contribution in [0.3, 0.4) is 0 Å². The number of carbonyl (C=O) groups is 2. The van der Waals surface area contributed by atoms with E-state index in [0.717, 1.165) is 28.1 Å². The molecule has 0 aliphatic carbocycles. The molecule has 9 heteroatoms. The van der Waals surface area contributed by atoms with Gasteiger partial charge in [0.05, 0.1) is 18.6 Å². The largest absolute Gasteiger partial charge is 0.494 e. The van der Waals surface area contributed by atoms with Crippen molar-refractivity contribution in [2.75, 3.05) is 30.3 Å². The molecule has 8 nitrogen and oxygen atoms in total. The van der Waals surface area contributed by atoms with Crippen LogP contribution in [0.2, 0.25) is 0 Å². The fourth-order valence-electron chi connectivity index (χ4n) is 3.44. The van der Waals surface area contributed by atoms with Crippen molar-refractivity contribution in [1.82, 2.24) is 10.2 Å². The molecule has 2 amide bonds. The van der Waals surface area contributed by atoms with Crippen LogP contribution in [0.5, 0.6) is 5.75 Å². The van der Waals surface area contributed by atoms with Crippen molar-refractivity contribution in [1.29, 1.82) is 0 Å². The second kappa shape index (κ2) is 12.4. The molecule has 1 N–H and O–H groups in total. The topological polar surface area (TPSA) is 96.0 Å². The van der Waals surface area contributed by atoms with Crippen molar-refractivity contribution in [2.24, 2.45) is 0 Å². The van der Waals surface area contributed by atoms with Crippen molar-refractivity contribution in [3.8, 4) is 5.75 Å². The summed E-state index contributed by atoms with van der Waals surface area (Å²) in [6.45, 7) is 8.14. The first-order valence-electron chi connectivity index (χ1n) is 11.4. The summed E-state index contributed by atoms with van der Waals surface area (Å²) < 4.78 is 31.7. The Bertz CT molecular complexity index is 1070. The summed E-state index contributed by atoms with van der Waals surface area (Å²) >= 11 is 0. The van der Waals surface area contributed by atoms with E-state index in [1.165, 1.54) is 4.90 Å². The van der Waals surface area contributed by atoms with Gasteiger partial charge in [0.25, 0.3) is 0 Å². The number of nitrogens with zero attached hydrogens (tertiary/aromatic N) is 2. The predicted molar refractivity (Wildman–Crippen MR) is 134 cm³/mol. The van der Waals surface area contributed by atoms with Crippen LogP contribution >= 0.6 is 0 Å². The molecule has 1 unspecified atom stereocenters. The molecule has 0 bridgehead atoms. The molecule has 34 heavy (non-hydrogen) atoms. The van der Waals surface area contributed by atoms with Crippen molar-refractivity contribution < 1.29 is 22.7 Å². The number of benzene rings is 2. The van der Waals surface area contributed by atoms with E-state index in [2.05, 4.69) is 5.32 Å². The first kappa shape index (κ1) is 27.2. The summed E-state index contributed by atoms with van der Waals surface area (Å²) in [6, 6.07) is 13.3. The zero-order valence-electron chi connectivity index (χ0n) is 20.6. The lowest BCUT2D eigenvalue weighted by Gasteiger charge is -2.32. The van der Waals surface area contributed by atoms with Gasteiger partial charge in [-0.05, 0) is 62.6 Å². The number of hydrogen-bond donors (Lipinski definition) is 1. The maximum Gasteiger partial charge on any atom is 0.244 e. The van der Waals surface area contributed by atoms with Gasteiger partial charge in [0.15, 0.2) is 0 Å². The summed E-state index contributed by atoms with van der Waals surface area (Å²) in [5.74, 6) is -0.147. The van der Waals surface area contributed by atoms with Crippen molar-refractivity contribution >= 4 is 27.5 Å². The fraction of sp³-hybridized carbons (Fsp3) is 0.440. The molecule has 2 aromatic rings. The Hall–Kier alpha value is -3.07. The lowest BCUT2D eigenvalue weighted by Crippen LogP contribution is -2.51. The van der Waals surface area contributed by atoms with Gasteiger partial charge in [-0.2, -0.15) is 0 Å². The van der Waals surface area contributed by atoms with E-state index in [9.17, 15) is 18.0 Å². The number of sulfonamides is 1. The average Bonchev–Trinajstić information content (AvgIpc) is 2.80. The molecular weight excluding hydrogens is 454 g/mol. The Kier molecular flexibility index (Phi) is 9.92. The van der Waals surface area contributed by atoms with E-state index in [1.807, 2.05) is 45.0 Å². The van der Waals surface area contributed by atoms with Crippen molar-refractivity contribution in [2.45, 2.75) is 46.7 Å². The average molecular weight is 490 g/mol. The number of hydrogen-bond acceptors (Lipinski definition) is 5. The molecule has 0 heterocycles. The first-order chi connectivity index (χ1) is 16.1. The van der Waals surface area contributed by atoms with Gasteiger partial charge in [-0.3, -0.25) is 13.9 Å². The molecule has 0 aliphatic rings. The summed E-state index contributed by atoms with van der Waals surface area (Å²) in [7, 11) is -3.77. The van der Waals surface area contributed by atoms with Crippen LogP contribution in [0.25, 0.3) is 0 Å². The Morgan fingerprint density at radius 1 is 1.06 bits per heavy atom. The van der Waals surface area contributed by atoms with E-state index >= 15 is 0 Å². The Morgan fingerprint density at radius 3 is 2.26 bits per heavy atom. The first-order valence-corrected chi connectivity index (χ1v) is 13.3. The maximum absolute atomic E-state index is 13.5. The SMILES string of the molecule is CCCNC(=O)C(C)N(Cc1ccccc1C)C(=O)CN(c1ccc(OCC)cc1)S(C)(=O)=O. The van der Waals surface area contributed by atoms with Crippen LogP contribution in [0.15, 0.2) is 48.5 Å². The normalized spacial score (nSPS) is 12.0. The second-order valence-corrected chi connectivity index (χ2v) is 10.0. The van der Waals surface area contributed by atoms with Crippen LogP contribution in [0.1, 0.15) is 38.3 Å². The molecule has 0 radical (unpaired) electrons. The molecule has 0 spiro atoms. The molecule has 0 aromatic heterocycles. The van der Waals surface area contributed by atoms with Crippen LogP contribution in [0, 0.1) is 6.92 Å². The highest BCUT2D eigenvalue weighted by molar-refractivity contribution is 7.92. The number of carbonyl (C=O) groups excluding carboxylic acids is 2. The van der Waals surface area contributed by atoms with Crippen LogP contribution in [-0.4, -0.2) is 57.1 Å². The van der Waals surface area contributed by atoms with E-state index in [1.54, 1.807) is 31.2 Å². The molecule has 0 fully saturated rings. The fourth-order valence-corrected chi connectivity index (χ4v) is 4.29. The number of aryl methyl sites for hydroxylation is 1. The number of nitrogens with one attached hydrogen (secondary N) is 1. The van der Waals surface area contributed by atoms with Crippen molar-refractivity contribution in [3.05, 3.63) is 59.7 Å². The molecule has 0 saturated heterocycles. The maximum atomic E-state index is 13.5. The number of anilines is 1. The third kappa shape index (κ3) is 7.48. The van der Waals surface area contributed by atoms with E-state index < -0.39 is 28.5 Å². The smallest absolute Gasteiger partial charge is 0.244 e. The zero-order valence-corrected chi connectivity index (χ0v) is 21.4. The van der Waals surface area contributed by atoms with Gasteiger partial charge in [-0.15, -0.1) is 0 Å². The number of ether oxygens (including phenoxy) is 1. The highest BCUT2D eigenvalue weighted by Crippen LogP contribution is 2.23. The monoisotopic (exact) mass is 489 g/mol. The third-order valence-corrected chi connectivity index (χ3v) is 6.57. The van der Waals surface area contributed by atoms with Gasteiger partial charge in [0, 0.05) is 13.1 Å². The lowest BCUT2D eigenvalue weighted by atomic mass is 10.1. The minimum atomic E-state index is -3.77. The summed E-state index contributed by atoms with van der Waals surface area (Å²) in [6.07, 6.45) is 1.82. The molecule has 0 saturated carbocycles. The molecule has 0 aliphatic heterocycles. The highest BCUT2D eigenvalue weighted by atomic mass is 32.2.